The van der Waals surface area contributed by atoms with E-state index in [-0.39, 0.29) is 18.9 Å². The largest absolute Gasteiger partial charge is 0.497 e. The van der Waals surface area contributed by atoms with Crippen molar-refractivity contribution in [3.05, 3.63) is 18.2 Å². The number of hydrogen-bond donors (Lipinski definition) is 2. The standard InChI is InChI=1S/C12H14N2O4/c1-18-8-2-3-9-10(6-8)14(7-12(16)17)5-4-11(15)13-9/h2-3,6H,4-5,7H2,1H3,(H,13,15)(H,16,17). The fourth-order valence-corrected chi connectivity index (χ4v) is 1.90. The zero-order valence-corrected chi connectivity index (χ0v) is 9.97. The Morgan fingerprint density at radius 1 is 1.56 bits per heavy atom. The Morgan fingerprint density at radius 3 is 3.00 bits per heavy atom. The van der Waals surface area contributed by atoms with Crippen molar-refractivity contribution in [2.75, 3.05) is 30.4 Å². The molecule has 0 aliphatic carbocycles. The molecule has 6 heteroatoms. The van der Waals surface area contributed by atoms with Crippen LogP contribution in [0, 0.1) is 0 Å². The fourth-order valence-electron chi connectivity index (χ4n) is 1.90. The van der Waals surface area contributed by atoms with Crippen molar-refractivity contribution >= 4 is 23.3 Å². The number of ether oxygens (including phenoxy) is 1. The molecule has 0 fully saturated rings. The van der Waals surface area contributed by atoms with E-state index in [0.29, 0.717) is 23.7 Å². The SMILES string of the molecule is COc1ccc2c(c1)N(CC(=O)O)CCC(=O)N2. The van der Waals surface area contributed by atoms with Gasteiger partial charge in [0.15, 0.2) is 0 Å². The Labute approximate surface area is 104 Å². The van der Waals surface area contributed by atoms with Crippen LogP contribution in [-0.4, -0.2) is 37.2 Å². The summed E-state index contributed by atoms with van der Waals surface area (Å²) in [5.74, 6) is -0.423. The highest BCUT2D eigenvalue weighted by molar-refractivity contribution is 5.97. The second-order valence-corrected chi connectivity index (χ2v) is 4.00. The van der Waals surface area contributed by atoms with Crippen molar-refractivity contribution in [1.82, 2.24) is 0 Å². The van der Waals surface area contributed by atoms with Crippen molar-refractivity contribution in [2.45, 2.75) is 6.42 Å². The lowest BCUT2D eigenvalue weighted by Gasteiger charge is -2.22. The first-order valence-corrected chi connectivity index (χ1v) is 5.55. The van der Waals surface area contributed by atoms with Crippen LogP contribution in [0.4, 0.5) is 11.4 Å². The molecule has 0 bridgehead atoms. The first kappa shape index (κ1) is 12.2. The normalized spacial score (nSPS) is 14.5. The molecule has 0 aromatic heterocycles. The van der Waals surface area contributed by atoms with Gasteiger partial charge in [0.2, 0.25) is 5.91 Å². The molecule has 1 heterocycles. The molecule has 0 saturated heterocycles. The molecule has 18 heavy (non-hydrogen) atoms. The zero-order valence-electron chi connectivity index (χ0n) is 9.97. The van der Waals surface area contributed by atoms with Crippen molar-refractivity contribution in [2.24, 2.45) is 0 Å². The number of carboxylic acids is 1. The molecule has 2 N–H and O–H groups in total. The molecule has 0 spiro atoms. The number of amides is 1. The van der Waals surface area contributed by atoms with Crippen LogP contribution in [-0.2, 0) is 9.59 Å². The zero-order chi connectivity index (χ0) is 13.1. The van der Waals surface area contributed by atoms with E-state index < -0.39 is 5.97 Å². The highest BCUT2D eigenvalue weighted by atomic mass is 16.5. The number of nitrogens with one attached hydrogen (secondary N) is 1. The molecule has 1 amide bonds. The Morgan fingerprint density at radius 2 is 2.33 bits per heavy atom. The van der Waals surface area contributed by atoms with Gasteiger partial charge in [-0.05, 0) is 12.1 Å². The van der Waals surface area contributed by atoms with Gasteiger partial charge < -0.3 is 20.1 Å². The number of benzene rings is 1. The number of methoxy groups -OCH3 is 1. The van der Waals surface area contributed by atoms with Crippen LogP contribution < -0.4 is 15.0 Å². The van der Waals surface area contributed by atoms with E-state index in [2.05, 4.69) is 5.32 Å². The summed E-state index contributed by atoms with van der Waals surface area (Å²) in [7, 11) is 1.54. The smallest absolute Gasteiger partial charge is 0.323 e. The predicted molar refractivity (Wildman–Crippen MR) is 66.1 cm³/mol. The monoisotopic (exact) mass is 250 g/mol. The highest BCUT2D eigenvalue weighted by Gasteiger charge is 2.21. The van der Waals surface area contributed by atoms with E-state index >= 15 is 0 Å². The molecule has 1 aromatic rings. The van der Waals surface area contributed by atoms with Crippen LogP contribution in [0.15, 0.2) is 18.2 Å². The van der Waals surface area contributed by atoms with Gasteiger partial charge in [0.25, 0.3) is 0 Å². The van der Waals surface area contributed by atoms with E-state index in [4.69, 9.17) is 9.84 Å². The third-order valence-electron chi connectivity index (χ3n) is 2.75. The number of nitrogens with zero attached hydrogens (tertiary/aromatic N) is 1. The molecule has 1 aliphatic heterocycles. The minimum absolute atomic E-state index is 0.116. The number of rotatable bonds is 3. The second kappa shape index (κ2) is 4.95. The van der Waals surface area contributed by atoms with E-state index in [9.17, 15) is 9.59 Å². The average molecular weight is 250 g/mol. The Kier molecular flexibility index (Phi) is 3.36. The van der Waals surface area contributed by atoms with Crippen molar-refractivity contribution in [1.29, 1.82) is 0 Å². The fraction of sp³-hybridized carbons (Fsp3) is 0.333. The molecule has 0 atom stereocenters. The number of carbonyl (C=O) groups is 2. The molecule has 0 radical (unpaired) electrons. The summed E-state index contributed by atoms with van der Waals surface area (Å²) in [6, 6.07) is 5.17. The first-order valence-electron chi connectivity index (χ1n) is 5.55. The van der Waals surface area contributed by atoms with Crippen LogP contribution in [0.2, 0.25) is 0 Å². The lowest BCUT2D eigenvalue weighted by Crippen LogP contribution is -2.30. The molecule has 6 nitrogen and oxygen atoms in total. The lowest BCUT2D eigenvalue weighted by molar-refractivity contribution is -0.135. The van der Waals surface area contributed by atoms with Crippen LogP contribution in [0.25, 0.3) is 0 Å². The number of hydrogen-bond acceptors (Lipinski definition) is 4. The molecule has 1 aromatic carbocycles. The average Bonchev–Trinajstić information content (AvgIpc) is 2.48. The van der Waals surface area contributed by atoms with Crippen LogP contribution in [0.3, 0.4) is 0 Å². The van der Waals surface area contributed by atoms with Crippen molar-refractivity contribution in [3.63, 3.8) is 0 Å². The Hall–Kier alpha value is -2.24. The third-order valence-corrected chi connectivity index (χ3v) is 2.75. The van der Waals surface area contributed by atoms with Crippen LogP contribution in [0.5, 0.6) is 5.75 Å². The summed E-state index contributed by atoms with van der Waals surface area (Å²) in [6.45, 7) is 0.230. The van der Waals surface area contributed by atoms with Gasteiger partial charge in [0.1, 0.15) is 12.3 Å². The summed E-state index contributed by atoms with van der Waals surface area (Å²) < 4.78 is 5.11. The Balaban J connectivity index is 2.40. The van der Waals surface area contributed by atoms with Gasteiger partial charge in [-0.1, -0.05) is 0 Å². The minimum atomic E-state index is -0.932. The molecule has 2 rings (SSSR count). The quantitative estimate of drug-likeness (QED) is 0.834. The van der Waals surface area contributed by atoms with Crippen LogP contribution in [0.1, 0.15) is 6.42 Å². The van der Waals surface area contributed by atoms with Gasteiger partial charge >= 0.3 is 5.97 Å². The van der Waals surface area contributed by atoms with Gasteiger partial charge in [-0.15, -0.1) is 0 Å². The predicted octanol–water partition coefficient (Wildman–Crippen LogP) is 0.928. The number of fused-ring (bicyclic) bond motifs is 1. The topological polar surface area (TPSA) is 78.9 Å². The maximum atomic E-state index is 11.5. The lowest BCUT2D eigenvalue weighted by atomic mass is 10.2. The number of carboxylic acid groups (broad SMARTS) is 1. The molecule has 0 saturated carbocycles. The molecular formula is C12H14N2O4. The summed E-state index contributed by atoms with van der Waals surface area (Å²) >= 11 is 0. The van der Waals surface area contributed by atoms with Crippen molar-refractivity contribution in [3.8, 4) is 5.75 Å². The minimum Gasteiger partial charge on any atom is -0.497 e. The van der Waals surface area contributed by atoms with Crippen LogP contribution >= 0.6 is 0 Å². The van der Waals surface area contributed by atoms with Crippen molar-refractivity contribution < 1.29 is 19.4 Å². The number of carbonyl (C=O) groups excluding carboxylic acids is 1. The first-order chi connectivity index (χ1) is 8.60. The van der Waals surface area contributed by atoms with Gasteiger partial charge in [-0.2, -0.15) is 0 Å². The van der Waals surface area contributed by atoms with Gasteiger partial charge in [0.05, 0.1) is 18.5 Å². The van der Waals surface area contributed by atoms with E-state index in [1.807, 2.05) is 0 Å². The highest BCUT2D eigenvalue weighted by Crippen LogP contribution is 2.32. The molecule has 0 unspecified atom stereocenters. The molecule has 1 aliphatic rings. The van der Waals surface area contributed by atoms with Gasteiger partial charge in [-0.25, -0.2) is 0 Å². The second-order valence-electron chi connectivity index (χ2n) is 4.00. The maximum absolute atomic E-state index is 11.5. The summed E-state index contributed by atoms with van der Waals surface area (Å²) in [5, 5.41) is 11.6. The van der Waals surface area contributed by atoms with E-state index in [1.165, 1.54) is 0 Å². The molecular weight excluding hydrogens is 236 g/mol. The number of aliphatic carboxylic acids is 1. The number of anilines is 2. The maximum Gasteiger partial charge on any atom is 0.323 e. The molecule has 96 valence electrons. The van der Waals surface area contributed by atoms with Gasteiger partial charge in [-0.3, -0.25) is 9.59 Å². The third kappa shape index (κ3) is 2.53. The summed E-state index contributed by atoms with van der Waals surface area (Å²) in [4.78, 5) is 24.0. The van der Waals surface area contributed by atoms with Gasteiger partial charge in [0, 0.05) is 19.0 Å². The Bertz CT molecular complexity index is 487. The summed E-state index contributed by atoms with van der Waals surface area (Å²) in [5.41, 5.74) is 1.28. The van der Waals surface area contributed by atoms with E-state index in [0.717, 1.165) is 0 Å². The van der Waals surface area contributed by atoms with E-state index in [1.54, 1.807) is 30.2 Å². The summed E-state index contributed by atoms with van der Waals surface area (Å²) in [6.07, 6.45) is 0.268.